The Kier molecular flexibility index (Phi) is 5.30. The second-order valence-electron chi connectivity index (χ2n) is 4.71. The lowest BCUT2D eigenvalue weighted by molar-refractivity contribution is -0.120. The third-order valence-corrected chi connectivity index (χ3v) is 3.12. The number of rotatable bonds is 6. The van der Waals surface area contributed by atoms with Crippen molar-refractivity contribution in [1.29, 1.82) is 0 Å². The zero-order chi connectivity index (χ0) is 14.2. The first-order chi connectivity index (χ1) is 9.75. The molecule has 0 heterocycles. The molecular formula is C17H18FNO. The molecule has 0 unspecified atom stereocenters. The summed E-state index contributed by atoms with van der Waals surface area (Å²) in [6.07, 6.45) is 1.91. The van der Waals surface area contributed by atoms with Crippen LogP contribution in [-0.4, -0.2) is 12.5 Å². The van der Waals surface area contributed by atoms with E-state index in [1.54, 1.807) is 18.2 Å². The van der Waals surface area contributed by atoms with Gasteiger partial charge < -0.3 is 5.32 Å². The molecule has 3 heteroatoms. The minimum Gasteiger partial charge on any atom is -0.356 e. The van der Waals surface area contributed by atoms with E-state index in [0.717, 1.165) is 12.8 Å². The van der Waals surface area contributed by atoms with E-state index in [2.05, 4.69) is 17.4 Å². The molecule has 0 aliphatic carbocycles. The van der Waals surface area contributed by atoms with Crippen molar-refractivity contribution in [1.82, 2.24) is 5.32 Å². The molecule has 0 spiro atoms. The summed E-state index contributed by atoms with van der Waals surface area (Å²) in [5, 5.41) is 2.82. The van der Waals surface area contributed by atoms with Gasteiger partial charge in [0.2, 0.25) is 5.91 Å². The van der Waals surface area contributed by atoms with Gasteiger partial charge in [-0.1, -0.05) is 48.5 Å². The Morgan fingerprint density at radius 2 is 1.70 bits per heavy atom. The molecule has 0 aliphatic heterocycles. The van der Waals surface area contributed by atoms with Gasteiger partial charge in [-0.15, -0.1) is 0 Å². The summed E-state index contributed by atoms with van der Waals surface area (Å²) in [6, 6.07) is 16.5. The first-order valence-electron chi connectivity index (χ1n) is 6.80. The molecule has 0 bridgehead atoms. The Morgan fingerprint density at radius 3 is 2.45 bits per heavy atom. The number of carbonyl (C=O) groups excluding carboxylic acids is 1. The monoisotopic (exact) mass is 271 g/mol. The van der Waals surface area contributed by atoms with Gasteiger partial charge in [-0.05, 0) is 30.0 Å². The lowest BCUT2D eigenvalue weighted by Gasteiger charge is -2.06. The smallest absolute Gasteiger partial charge is 0.224 e. The Labute approximate surface area is 118 Å². The van der Waals surface area contributed by atoms with Crippen molar-refractivity contribution in [2.24, 2.45) is 0 Å². The maximum absolute atomic E-state index is 13.4. The van der Waals surface area contributed by atoms with Crippen LogP contribution in [0.5, 0.6) is 0 Å². The van der Waals surface area contributed by atoms with Gasteiger partial charge in [0.1, 0.15) is 5.82 Å². The third-order valence-electron chi connectivity index (χ3n) is 3.12. The zero-order valence-electron chi connectivity index (χ0n) is 11.3. The second-order valence-corrected chi connectivity index (χ2v) is 4.71. The van der Waals surface area contributed by atoms with Crippen molar-refractivity contribution in [3.05, 3.63) is 71.5 Å². The molecule has 2 nitrogen and oxygen atoms in total. The van der Waals surface area contributed by atoms with Crippen molar-refractivity contribution < 1.29 is 9.18 Å². The minimum absolute atomic E-state index is 0.0952. The maximum atomic E-state index is 13.4. The summed E-state index contributed by atoms with van der Waals surface area (Å²) >= 11 is 0. The number of amides is 1. The van der Waals surface area contributed by atoms with E-state index in [0.29, 0.717) is 12.1 Å². The van der Waals surface area contributed by atoms with Crippen molar-refractivity contribution in [3.63, 3.8) is 0 Å². The molecule has 1 amide bonds. The van der Waals surface area contributed by atoms with Crippen LogP contribution >= 0.6 is 0 Å². The molecule has 0 atom stereocenters. The molecular weight excluding hydrogens is 253 g/mol. The molecule has 0 saturated heterocycles. The molecule has 2 rings (SSSR count). The van der Waals surface area contributed by atoms with Crippen molar-refractivity contribution in [2.45, 2.75) is 19.3 Å². The minimum atomic E-state index is -0.327. The second kappa shape index (κ2) is 7.43. The number of hydrogen-bond donors (Lipinski definition) is 1. The molecule has 104 valence electrons. The summed E-state index contributed by atoms with van der Waals surface area (Å²) in [6.45, 7) is 0.613. The van der Waals surface area contributed by atoms with Crippen LogP contribution in [-0.2, 0) is 17.6 Å². The van der Waals surface area contributed by atoms with E-state index in [4.69, 9.17) is 0 Å². The zero-order valence-corrected chi connectivity index (χ0v) is 11.3. The van der Waals surface area contributed by atoms with Gasteiger partial charge in [0.25, 0.3) is 0 Å². The molecule has 1 N–H and O–H groups in total. The largest absolute Gasteiger partial charge is 0.356 e. The fourth-order valence-electron chi connectivity index (χ4n) is 2.04. The fraction of sp³-hybridized carbons (Fsp3) is 0.235. The SMILES string of the molecule is O=C(Cc1ccccc1F)NCCCc1ccccc1. The Morgan fingerprint density at radius 1 is 1.00 bits per heavy atom. The molecule has 0 radical (unpaired) electrons. The molecule has 0 saturated carbocycles. The van der Waals surface area contributed by atoms with Crippen LogP contribution in [0.25, 0.3) is 0 Å². The number of carbonyl (C=O) groups is 1. The van der Waals surface area contributed by atoms with Gasteiger partial charge in [0, 0.05) is 6.54 Å². The molecule has 0 aliphatic rings. The summed E-state index contributed by atoms with van der Waals surface area (Å²) in [5.74, 6) is -0.463. The summed E-state index contributed by atoms with van der Waals surface area (Å²) < 4.78 is 13.4. The molecule has 20 heavy (non-hydrogen) atoms. The molecule has 0 aromatic heterocycles. The van der Waals surface area contributed by atoms with Crippen LogP contribution in [0.3, 0.4) is 0 Å². The number of aryl methyl sites for hydroxylation is 1. The number of halogens is 1. The van der Waals surface area contributed by atoms with Crippen LogP contribution in [0, 0.1) is 5.82 Å². The Bertz CT molecular complexity index is 554. The van der Waals surface area contributed by atoms with Gasteiger partial charge >= 0.3 is 0 Å². The molecule has 2 aromatic rings. The number of benzene rings is 2. The highest BCUT2D eigenvalue weighted by Crippen LogP contribution is 2.07. The average Bonchev–Trinajstić information content (AvgIpc) is 2.47. The normalized spacial score (nSPS) is 10.2. The van der Waals surface area contributed by atoms with Crippen molar-refractivity contribution in [2.75, 3.05) is 6.54 Å². The first-order valence-corrected chi connectivity index (χ1v) is 6.80. The summed E-state index contributed by atoms with van der Waals surface area (Å²) in [4.78, 5) is 11.7. The van der Waals surface area contributed by atoms with Crippen LogP contribution in [0.4, 0.5) is 4.39 Å². The lowest BCUT2D eigenvalue weighted by atomic mass is 10.1. The Hall–Kier alpha value is -2.16. The highest BCUT2D eigenvalue weighted by molar-refractivity contribution is 5.78. The number of hydrogen-bond acceptors (Lipinski definition) is 1. The average molecular weight is 271 g/mol. The first kappa shape index (κ1) is 14.3. The fourth-order valence-corrected chi connectivity index (χ4v) is 2.04. The van der Waals surface area contributed by atoms with Gasteiger partial charge in [-0.2, -0.15) is 0 Å². The van der Waals surface area contributed by atoms with Crippen LogP contribution in [0.15, 0.2) is 54.6 Å². The topological polar surface area (TPSA) is 29.1 Å². The van der Waals surface area contributed by atoms with Crippen molar-refractivity contribution >= 4 is 5.91 Å². The van der Waals surface area contributed by atoms with E-state index in [1.165, 1.54) is 11.6 Å². The van der Waals surface area contributed by atoms with Gasteiger partial charge in [0.05, 0.1) is 6.42 Å². The number of nitrogens with one attached hydrogen (secondary N) is 1. The Balaban J connectivity index is 1.69. The highest BCUT2D eigenvalue weighted by atomic mass is 19.1. The maximum Gasteiger partial charge on any atom is 0.224 e. The van der Waals surface area contributed by atoms with Gasteiger partial charge in [0.15, 0.2) is 0 Å². The quantitative estimate of drug-likeness (QED) is 0.804. The predicted molar refractivity (Wildman–Crippen MR) is 77.9 cm³/mol. The predicted octanol–water partition coefficient (Wildman–Crippen LogP) is 3.12. The van der Waals surface area contributed by atoms with Crippen molar-refractivity contribution in [3.8, 4) is 0 Å². The van der Waals surface area contributed by atoms with E-state index in [1.807, 2.05) is 18.2 Å². The van der Waals surface area contributed by atoms with Crippen LogP contribution in [0.2, 0.25) is 0 Å². The summed E-state index contributed by atoms with van der Waals surface area (Å²) in [7, 11) is 0. The lowest BCUT2D eigenvalue weighted by Crippen LogP contribution is -2.26. The van der Waals surface area contributed by atoms with Gasteiger partial charge in [-0.3, -0.25) is 4.79 Å². The van der Waals surface area contributed by atoms with E-state index in [9.17, 15) is 9.18 Å². The van der Waals surface area contributed by atoms with Crippen LogP contribution in [0.1, 0.15) is 17.5 Å². The van der Waals surface area contributed by atoms with E-state index >= 15 is 0 Å². The standard InChI is InChI=1S/C17H18FNO/c18-16-11-5-4-10-15(16)13-17(20)19-12-6-9-14-7-2-1-3-8-14/h1-5,7-8,10-11H,6,9,12-13H2,(H,19,20). The summed E-state index contributed by atoms with van der Waals surface area (Å²) in [5.41, 5.74) is 1.70. The van der Waals surface area contributed by atoms with E-state index < -0.39 is 0 Å². The molecule has 0 fully saturated rings. The highest BCUT2D eigenvalue weighted by Gasteiger charge is 2.06. The van der Waals surface area contributed by atoms with Gasteiger partial charge in [-0.25, -0.2) is 4.39 Å². The third kappa shape index (κ3) is 4.50. The molecule has 2 aromatic carbocycles. The van der Waals surface area contributed by atoms with Crippen LogP contribution < -0.4 is 5.32 Å². The van der Waals surface area contributed by atoms with E-state index in [-0.39, 0.29) is 18.1 Å².